The lowest BCUT2D eigenvalue weighted by Crippen LogP contribution is -2.31. The Kier molecular flexibility index (Phi) is 3.84. The number of carboxylic acid groups (broad SMARTS) is 1. The van der Waals surface area contributed by atoms with Gasteiger partial charge in [-0.05, 0) is 18.1 Å². The molecule has 0 radical (unpaired) electrons. The van der Waals surface area contributed by atoms with Crippen molar-refractivity contribution in [2.24, 2.45) is 0 Å². The number of H-pyrrole nitrogens is 1. The standard InChI is InChI=1S/C14H14N2O4/c1-9-7-16(14(20)15-13(9)19)8-11-5-3-2-4-10(11)6-12(17)18/h2-5,7H,6,8H2,1H3,(H,17,18)(H,15,19,20). The Morgan fingerprint density at radius 2 is 1.90 bits per heavy atom. The van der Waals surface area contributed by atoms with Gasteiger partial charge in [0.1, 0.15) is 0 Å². The first-order valence-electron chi connectivity index (χ1n) is 6.06. The number of rotatable bonds is 4. The van der Waals surface area contributed by atoms with Crippen LogP contribution >= 0.6 is 0 Å². The third-order valence-corrected chi connectivity index (χ3v) is 2.99. The second kappa shape index (κ2) is 5.56. The third kappa shape index (κ3) is 3.03. The third-order valence-electron chi connectivity index (χ3n) is 2.99. The van der Waals surface area contributed by atoms with Crippen molar-refractivity contribution >= 4 is 5.97 Å². The summed E-state index contributed by atoms with van der Waals surface area (Å²) in [5.74, 6) is -0.928. The average molecular weight is 274 g/mol. The van der Waals surface area contributed by atoms with Crippen LogP contribution in [0, 0.1) is 6.92 Å². The lowest BCUT2D eigenvalue weighted by atomic mass is 10.0. The molecular weight excluding hydrogens is 260 g/mol. The topological polar surface area (TPSA) is 92.2 Å². The number of benzene rings is 1. The molecule has 0 amide bonds. The molecule has 6 nitrogen and oxygen atoms in total. The Labute approximate surface area is 114 Å². The molecule has 2 rings (SSSR count). The van der Waals surface area contributed by atoms with Gasteiger partial charge in [-0.3, -0.25) is 19.1 Å². The van der Waals surface area contributed by atoms with Crippen molar-refractivity contribution in [3.8, 4) is 0 Å². The van der Waals surface area contributed by atoms with Gasteiger partial charge in [0.2, 0.25) is 0 Å². The minimum atomic E-state index is -0.928. The van der Waals surface area contributed by atoms with Crippen molar-refractivity contribution < 1.29 is 9.90 Å². The molecule has 104 valence electrons. The molecule has 1 heterocycles. The van der Waals surface area contributed by atoms with E-state index in [9.17, 15) is 14.4 Å². The molecular formula is C14H14N2O4. The SMILES string of the molecule is Cc1cn(Cc2ccccc2CC(=O)O)c(=O)[nH]c1=O. The number of carbonyl (C=O) groups is 1. The van der Waals surface area contributed by atoms with Gasteiger partial charge in [0, 0.05) is 11.8 Å². The minimum Gasteiger partial charge on any atom is -0.481 e. The number of nitrogens with one attached hydrogen (secondary N) is 1. The molecule has 0 aliphatic carbocycles. The summed E-state index contributed by atoms with van der Waals surface area (Å²) in [7, 11) is 0. The monoisotopic (exact) mass is 274 g/mol. The maximum atomic E-state index is 11.7. The lowest BCUT2D eigenvalue weighted by molar-refractivity contribution is -0.136. The summed E-state index contributed by atoms with van der Waals surface area (Å²) >= 11 is 0. The van der Waals surface area contributed by atoms with Gasteiger partial charge in [0.25, 0.3) is 5.56 Å². The fourth-order valence-corrected chi connectivity index (χ4v) is 1.97. The molecule has 0 saturated heterocycles. The van der Waals surface area contributed by atoms with E-state index < -0.39 is 17.2 Å². The van der Waals surface area contributed by atoms with Crippen LogP contribution in [0.2, 0.25) is 0 Å². The highest BCUT2D eigenvalue weighted by atomic mass is 16.4. The van der Waals surface area contributed by atoms with E-state index in [0.29, 0.717) is 11.1 Å². The zero-order chi connectivity index (χ0) is 14.7. The highest BCUT2D eigenvalue weighted by Gasteiger charge is 2.08. The molecule has 0 aliphatic heterocycles. The molecule has 0 atom stereocenters. The summed E-state index contributed by atoms with van der Waals surface area (Å²) in [4.78, 5) is 36.1. The predicted molar refractivity (Wildman–Crippen MR) is 72.9 cm³/mol. The van der Waals surface area contributed by atoms with Gasteiger partial charge in [-0.1, -0.05) is 24.3 Å². The van der Waals surface area contributed by atoms with Crippen LogP contribution in [0.4, 0.5) is 0 Å². The van der Waals surface area contributed by atoms with Gasteiger partial charge in [0.05, 0.1) is 13.0 Å². The summed E-state index contributed by atoms with van der Waals surface area (Å²) in [6.07, 6.45) is 1.37. The van der Waals surface area contributed by atoms with Crippen LogP contribution in [-0.4, -0.2) is 20.6 Å². The van der Waals surface area contributed by atoms with E-state index in [-0.39, 0.29) is 13.0 Å². The molecule has 0 saturated carbocycles. The Hall–Kier alpha value is -2.63. The van der Waals surface area contributed by atoms with Gasteiger partial charge < -0.3 is 5.11 Å². The largest absolute Gasteiger partial charge is 0.481 e. The first kappa shape index (κ1) is 13.8. The Morgan fingerprint density at radius 1 is 1.25 bits per heavy atom. The normalized spacial score (nSPS) is 10.4. The number of hydrogen-bond acceptors (Lipinski definition) is 3. The van der Waals surface area contributed by atoms with E-state index in [4.69, 9.17) is 5.11 Å². The van der Waals surface area contributed by atoms with Gasteiger partial charge in [-0.15, -0.1) is 0 Å². The predicted octanol–water partition coefficient (Wildman–Crippen LogP) is 0.520. The van der Waals surface area contributed by atoms with Crippen molar-refractivity contribution in [1.82, 2.24) is 9.55 Å². The summed E-state index contributed by atoms with van der Waals surface area (Å²) < 4.78 is 1.36. The van der Waals surface area contributed by atoms with E-state index in [1.54, 1.807) is 31.2 Å². The molecule has 6 heteroatoms. The fraction of sp³-hybridized carbons (Fsp3) is 0.214. The molecule has 1 aromatic heterocycles. The Morgan fingerprint density at radius 3 is 2.55 bits per heavy atom. The van der Waals surface area contributed by atoms with Crippen molar-refractivity contribution in [3.05, 3.63) is 68.0 Å². The van der Waals surface area contributed by atoms with Crippen LogP contribution in [0.1, 0.15) is 16.7 Å². The number of hydrogen-bond donors (Lipinski definition) is 2. The number of aromatic amines is 1. The molecule has 0 bridgehead atoms. The Bertz CT molecular complexity index is 758. The molecule has 0 fully saturated rings. The van der Waals surface area contributed by atoms with Crippen molar-refractivity contribution in [3.63, 3.8) is 0 Å². The highest BCUT2D eigenvalue weighted by molar-refractivity contribution is 5.70. The smallest absolute Gasteiger partial charge is 0.328 e. The summed E-state index contributed by atoms with van der Waals surface area (Å²) in [6, 6.07) is 7.02. The summed E-state index contributed by atoms with van der Waals surface area (Å²) in [5.41, 5.74) is 0.898. The number of aromatic nitrogens is 2. The van der Waals surface area contributed by atoms with Crippen molar-refractivity contribution in [2.45, 2.75) is 19.9 Å². The van der Waals surface area contributed by atoms with Crippen LogP contribution in [0.3, 0.4) is 0 Å². The molecule has 2 N–H and O–H groups in total. The summed E-state index contributed by atoms with van der Waals surface area (Å²) in [5, 5.41) is 8.88. The van der Waals surface area contributed by atoms with Crippen LogP contribution in [0.5, 0.6) is 0 Å². The van der Waals surface area contributed by atoms with Crippen LogP contribution in [-0.2, 0) is 17.8 Å². The highest BCUT2D eigenvalue weighted by Crippen LogP contribution is 2.10. The summed E-state index contributed by atoms with van der Waals surface area (Å²) in [6.45, 7) is 1.83. The molecule has 20 heavy (non-hydrogen) atoms. The second-order valence-electron chi connectivity index (χ2n) is 4.54. The molecule has 1 aromatic carbocycles. The fourth-order valence-electron chi connectivity index (χ4n) is 1.97. The van der Waals surface area contributed by atoms with E-state index >= 15 is 0 Å². The first-order valence-corrected chi connectivity index (χ1v) is 6.06. The molecule has 0 aliphatic rings. The zero-order valence-electron chi connectivity index (χ0n) is 10.9. The second-order valence-corrected chi connectivity index (χ2v) is 4.54. The van der Waals surface area contributed by atoms with Crippen LogP contribution in [0.25, 0.3) is 0 Å². The van der Waals surface area contributed by atoms with Crippen molar-refractivity contribution in [2.75, 3.05) is 0 Å². The average Bonchev–Trinajstić information content (AvgIpc) is 2.37. The van der Waals surface area contributed by atoms with E-state index in [0.717, 1.165) is 5.56 Å². The zero-order valence-corrected chi connectivity index (χ0v) is 10.9. The number of nitrogens with zero attached hydrogens (tertiary/aromatic N) is 1. The lowest BCUT2D eigenvalue weighted by Gasteiger charge is -2.10. The number of aliphatic carboxylic acids is 1. The quantitative estimate of drug-likeness (QED) is 0.850. The van der Waals surface area contributed by atoms with E-state index in [2.05, 4.69) is 4.98 Å². The first-order chi connectivity index (χ1) is 9.47. The van der Waals surface area contributed by atoms with Gasteiger partial charge in [-0.2, -0.15) is 0 Å². The molecule has 0 unspecified atom stereocenters. The molecule has 2 aromatic rings. The van der Waals surface area contributed by atoms with E-state index in [1.165, 1.54) is 10.8 Å². The van der Waals surface area contributed by atoms with Gasteiger partial charge >= 0.3 is 11.7 Å². The van der Waals surface area contributed by atoms with Gasteiger partial charge in [0.15, 0.2) is 0 Å². The van der Waals surface area contributed by atoms with Crippen LogP contribution < -0.4 is 11.2 Å². The molecule has 0 spiro atoms. The minimum absolute atomic E-state index is 0.104. The van der Waals surface area contributed by atoms with E-state index in [1.807, 2.05) is 0 Å². The number of aryl methyl sites for hydroxylation is 1. The maximum Gasteiger partial charge on any atom is 0.328 e. The number of carboxylic acids is 1. The van der Waals surface area contributed by atoms with Crippen LogP contribution in [0.15, 0.2) is 40.1 Å². The Balaban J connectivity index is 2.40. The van der Waals surface area contributed by atoms with Crippen molar-refractivity contribution in [1.29, 1.82) is 0 Å². The van der Waals surface area contributed by atoms with Gasteiger partial charge in [-0.25, -0.2) is 4.79 Å². The maximum absolute atomic E-state index is 11.7.